The third-order valence-corrected chi connectivity index (χ3v) is 3.64. The Balaban J connectivity index is 2.24. The van der Waals surface area contributed by atoms with E-state index in [9.17, 15) is 4.79 Å². The Morgan fingerprint density at radius 3 is 3.00 bits per heavy atom. The maximum Gasteiger partial charge on any atom is 0.206 e. The van der Waals surface area contributed by atoms with Gasteiger partial charge in [0.25, 0.3) is 0 Å². The molecule has 2 aromatic rings. The lowest BCUT2D eigenvalue weighted by Crippen LogP contribution is -2.01. The van der Waals surface area contributed by atoms with Gasteiger partial charge in [-0.25, -0.2) is 0 Å². The molecular weight excluding hydrogens is 232 g/mol. The van der Waals surface area contributed by atoms with Gasteiger partial charge in [-0.05, 0) is 29.9 Å². The largest absolute Gasteiger partial charge is 0.288 e. The second-order valence-electron chi connectivity index (χ2n) is 3.95. The van der Waals surface area contributed by atoms with Crippen LogP contribution in [0.1, 0.15) is 41.1 Å². The highest BCUT2D eigenvalue weighted by molar-refractivity contribution is 7.12. The Morgan fingerprint density at radius 1 is 1.47 bits per heavy atom. The van der Waals surface area contributed by atoms with Crippen molar-refractivity contribution in [3.8, 4) is 0 Å². The first kappa shape index (κ1) is 12.0. The molecule has 0 bridgehead atoms. The maximum absolute atomic E-state index is 12.3. The first-order valence-electron chi connectivity index (χ1n) is 5.89. The molecule has 0 aliphatic heterocycles. The monoisotopic (exact) mass is 248 g/mol. The zero-order chi connectivity index (χ0) is 12.3. The van der Waals surface area contributed by atoms with Crippen LogP contribution in [-0.4, -0.2) is 15.6 Å². The molecule has 0 fully saturated rings. The quantitative estimate of drug-likeness (QED) is 0.762. The summed E-state index contributed by atoms with van der Waals surface area (Å²) in [5.74, 6) is 0.0965. The van der Waals surface area contributed by atoms with Crippen molar-refractivity contribution in [2.75, 3.05) is 0 Å². The van der Waals surface area contributed by atoms with E-state index in [-0.39, 0.29) is 5.78 Å². The predicted molar refractivity (Wildman–Crippen MR) is 69.6 cm³/mol. The Hall–Kier alpha value is -1.42. The van der Waals surface area contributed by atoms with E-state index in [2.05, 4.69) is 18.9 Å². The summed E-state index contributed by atoms with van der Waals surface area (Å²) in [6.07, 6.45) is 5.42. The van der Waals surface area contributed by atoms with Crippen LogP contribution < -0.4 is 0 Å². The molecule has 0 aliphatic carbocycles. The molecule has 3 nitrogen and oxygen atoms in total. The van der Waals surface area contributed by atoms with Crippen LogP contribution in [0.2, 0.25) is 0 Å². The number of carbonyl (C=O) groups is 1. The van der Waals surface area contributed by atoms with Gasteiger partial charge < -0.3 is 0 Å². The molecule has 0 atom stereocenters. The van der Waals surface area contributed by atoms with Crippen molar-refractivity contribution in [3.05, 3.63) is 39.8 Å². The molecular formula is C13H16N2OS. The third-order valence-electron chi connectivity index (χ3n) is 2.68. The van der Waals surface area contributed by atoms with Crippen molar-refractivity contribution in [1.29, 1.82) is 0 Å². The number of hydrogen-bond donors (Lipinski definition) is 0. The van der Waals surface area contributed by atoms with E-state index in [1.807, 2.05) is 22.3 Å². The van der Waals surface area contributed by atoms with Crippen molar-refractivity contribution in [1.82, 2.24) is 9.78 Å². The fourth-order valence-electron chi connectivity index (χ4n) is 1.78. The van der Waals surface area contributed by atoms with Gasteiger partial charge in [-0.15, -0.1) is 11.3 Å². The molecule has 0 aromatic carbocycles. The number of carbonyl (C=O) groups excluding carboxylic acids is 1. The number of thiophene rings is 1. The minimum Gasteiger partial charge on any atom is -0.288 e. The topological polar surface area (TPSA) is 34.9 Å². The molecule has 90 valence electrons. The summed E-state index contributed by atoms with van der Waals surface area (Å²) in [4.78, 5) is 13.1. The maximum atomic E-state index is 12.3. The van der Waals surface area contributed by atoms with Crippen LogP contribution in [0.5, 0.6) is 0 Å². The van der Waals surface area contributed by atoms with Crippen molar-refractivity contribution in [2.24, 2.45) is 0 Å². The van der Waals surface area contributed by atoms with Gasteiger partial charge in [-0.2, -0.15) is 5.10 Å². The summed E-state index contributed by atoms with van der Waals surface area (Å²) >= 11 is 1.51. The summed E-state index contributed by atoms with van der Waals surface area (Å²) in [6, 6.07) is 2.02. The zero-order valence-corrected chi connectivity index (χ0v) is 11.0. The number of ketones is 1. The molecule has 0 radical (unpaired) electrons. The van der Waals surface area contributed by atoms with Gasteiger partial charge in [-0.3, -0.25) is 9.48 Å². The lowest BCUT2D eigenvalue weighted by Gasteiger charge is -1.98. The minimum absolute atomic E-state index is 0.0965. The van der Waals surface area contributed by atoms with E-state index in [0.717, 1.165) is 29.8 Å². The molecule has 2 rings (SSSR count). The van der Waals surface area contributed by atoms with Gasteiger partial charge in [0.05, 0.1) is 16.6 Å². The van der Waals surface area contributed by atoms with Crippen LogP contribution in [0.3, 0.4) is 0 Å². The number of aryl methyl sites for hydroxylation is 2. The Bertz CT molecular complexity index is 513. The number of hydrogen-bond acceptors (Lipinski definition) is 3. The molecule has 2 heterocycles. The smallest absolute Gasteiger partial charge is 0.206 e. The molecule has 0 N–H and O–H groups in total. The van der Waals surface area contributed by atoms with E-state index < -0.39 is 0 Å². The molecule has 4 heteroatoms. The van der Waals surface area contributed by atoms with Gasteiger partial charge in [0, 0.05) is 12.7 Å². The second kappa shape index (κ2) is 5.27. The SMILES string of the molecule is CCCn1cc(C(=O)c2sccc2CC)cn1. The average molecular weight is 248 g/mol. The van der Waals surface area contributed by atoms with E-state index in [0.29, 0.717) is 5.56 Å². The third kappa shape index (κ3) is 2.47. The van der Waals surface area contributed by atoms with E-state index in [1.54, 1.807) is 6.20 Å². The fourth-order valence-corrected chi connectivity index (χ4v) is 2.73. The van der Waals surface area contributed by atoms with E-state index in [1.165, 1.54) is 11.3 Å². The molecule has 17 heavy (non-hydrogen) atoms. The molecule has 0 saturated carbocycles. The second-order valence-corrected chi connectivity index (χ2v) is 4.87. The van der Waals surface area contributed by atoms with Crippen LogP contribution in [0.15, 0.2) is 23.8 Å². The summed E-state index contributed by atoms with van der Waals surface area (Å²) in [7, 11) is 0. The number of rotatable bonds is 5. The van der Waals surface area contributed by atoms with Crippen LogP contribution in [-0.2, 0) is 13.0 Å². The van der Waals surface area contributed by atoms with E-state index in [4.69, 9.17) is 0 Å². The van der Waals surface area contributed by atoms with Crippen molar-refractivity contribution in [3.63, 3.8) is 0 Å². The average Bonchev–Trinajstić information content (AvgIpc) is 2.96. The normalized spacial score (nSPS) is 10.7. The van der Waals surface area contributed by atoms with Gasteiger partial charge in [0.2, 0.25) is 5.78 Å². The van der Waals surface area contributed by atoms with Crippen LogP contribution in [0.4, 0.5) is 0 Å². The Kier molecular flexibility index (Phi) is 3.74. The highest BCUT2D eigenvalue weighted by Gasteiger charge is 2.15. The molecule has 2 aromatic heterocycles. The predicted octanol–water partition coefficient (Wildman–Crippen LogP) is 3.15. The molecule has 0 amide bonds. The summed E-state index contributed by atoms with van der Waals surface area (Å²) < 4.78 is 1.83. The van der Waals surface area contributed by atoms with Crippen LogP contribution in [0.25, 0.3) is 0 Å². The van der Waals surface area contributed by atoms with Crippen molar-refractivity contribution < 1.29 is 4.79 Å². The summed E-state index contributed by atoms with van der Waals surface area (Å²) in [5.41, 5.74) is 1.82. The lowest BCUT2D eigenvalue weighted by atomic mass is 10.1. The number of aromatic nitrogens is 2. The number of nitrogens with zero attached hydrogens (tertiary/aromatic N) is 2. The van der Waals surface area contributed by atoms with Gasteiger partial charge >= 0.3 is 0 Å². The summed E-state index contributed by atoms with van der Waals surface area (Å²) in [6.45, 7) is 5.02. The zero-order valence-electron chi connectivity index (χ0n) is 10.1. The van der Waals surface area contributed by atoms with E-state index >= 15 is 0 Å². The lowest BCUT2D eigenvalue weighted by molar-refractivity contribution is 0.104. The molecule has 0 spiro atoms. The highest BCUT2D eigenvalue weighted by Crippen LogP contribution is 2.21. The van der Waals surface area contributed by atoms with Gasteiger partial charge in [-0.1, -0.05) is 13.8 Å². The molecule has 0 unspecified atom stereocenters. The highest BCUT2D eigenvalue weighted by atomic mass is 32.1. The fraction of sp³-hybridized carbons (Fsp3) is 0.385. The van der Waals surface area contributed by atoms with Crippen LogP contribution in [0, 0.1) is 0 Å². The van der Waals surface area contributed by atoms with Crippen molar-refractivity contribution in [2.45, 2.75) is 33.2 Å². The first-order valence-corrected chi connectivity index (χ1v) is 6.77. The molecule has 0 saturated heterocycles. The Labute approximate surface area is 105 Å². The van der Waals surface area contributed by atoms with Gasteiger partial charge in [0.15, 0.2) is 0 Å². The Morgan fingerprint density at radius 2 is 2.29 bits per heavy atom. The van der Waals surface area contributed by atoms with Crippen LogP contribution >= 0.6 is 11.3 Å². The molecule has 0 aliphatic rings. The summed E-state index contributed by atoms with van der Waals surface area (Å²) in [5, 5.41) is 6.17. The standard InChI is InChI=1S/C13H16N2OS/c1-3-6-15-9-11(8-14-15)12(16)13-10(4-2)5-7-17-13/h5,7-9H,3-4,6H2,1-2H3. The van der Waals surface area contributed by atoms with Gasteiger partial charge in [0.1, 0.15) is 0 Å². The van der Waals surface area contributed by atoms with Crippen molar-refractivity contribution >= 4 is 17.1 Å². The first-order chi connectivity index (χ1) is 8.26. The minimum atomic E-state index is 0.0965.